The molecule has 2 heterocycles. The highest BCUT2D eigenvalue weighted by Crippen LogP contribution is 2.36. The van der Waals surface area contributed by atoms with Gasteiger partial charge in [0.05, 0.1) is 24.2 Å². The van der Waals surface area contributed by atoms with E-state index in [-0.39, 0.29) is 6.79 Å². The summed E-state index contributed by atoms with van der Waals surface area (Å²) in [5.74, 6) is 2.33. The molecule has 0 amide bonds. The van der Waals surface area contributed by atoms with Crippen LogP contribution in [-0.4, -0.2) is 43.2 Å². The summed E-state index contributed by atoms with van der Waals surface area (Å²) in [4.78, 5) is 4.60. The molecule has 2 aromatic rings. The first-order valence-corrected chi connectivity index (χ1v) is 6.89. The molecule has 0 radical (unpaired) electrons. The average molecular weight is 293 g/mol. The van der Waals surface area contributed by atoms with Crippen LogP contribution in [0.4, 0.5) is 0 Å². The molecule has 3 rings (SSSR count). The lowest BCUT2D eigenvalue weighted by atomic mass is 10.2. The standard InChI is InChI=1S/C14H19N3O4/c1-18-8-14-16-10-6-12-13(21-9-20-12)7-11(10)17(14)3-5-19-4-2-15/h6-7H,2-5,8-9,15H2,1H3. The van der Waals surface area contributed by atoms with Crippen LogP contribution < -0.4 is 15.2 Å². The van der Waals surface area contributed by atoms with E-state index in [0.29, 0.717) is 32.9 Å². The predicted octanol–water partition coefficient (Wildman–Crippen LogP) is 0.887. The second-order valence-corrected chi connectivity index (χ2v) is 4.71. The third-order valence-electron chi connectivity index (χ3n) is 3.32. The molecule has 7 heteroatoms. The zero-order valence-corrected chi connectivity index (χ0v) is 12.0. The van der Waals surface area contributed by atoms with E-state index in [0.717, 1.165) is 28.4 Å². The molecule has 0 unspecified atom stereocenters. The van der Waals surface area contributed by atoms with Crippen molar-refractivity contribution in [2.45, 2.75) is 13.2 Å². The van der Waals surface area contributed by atoms with Crippen molar-refractivity contribution in [1.82, 2.24) is 9.55 Å². The van der Waals surface area contributed by atoms with Crippen LogP contribution in [0, 0.1) is 0 Å². The lowest BCUT2D eigenvalue weighted by molar-refractivity contribution is 0.129. The molecule has 0 spiro atoms. The first kappa shape index (κ1) is 14.1. The zero-order chi connectivity index (χ0) is 14.7. The molecule has 0 fully saturated rings. The van der Waals surface area contributed by atoms with Gasteiger partial charge in [-0.1, -0.05) is 0 Å². The lowest BCUT2D eigenvalue weighted by Gasteiger charge is -2.09. The molecule has 21 heavy (non-hydrogen) atoms. The maximum absolute atomic E-state index is 5.46. The van der Waals surface area contributed by atoms with Crippen LogP contribution in [0.1, 0.15) is 5.82 Å². The van der Waals surface area contributed by atoms with Gasteiger partial charge in [-0.2, -0.15) is 0 Å². The number of methoxy groups -OCH3 is 1. The van der Waals surface area contributed by atoms with Crippen molar-refractivity contribution in [1.29, 1.82) is 0 Å². The Kier molecular flexibility index (Phi) is 4.23. The van der Waals surface area contributed by atoms with Crippen molar-refractivity contribution in [2.24, 2.45) is 5.73 Å². The van der Waals surface area contributed by atoms with Crippen LogP contribution in [0.15, 0.2) is 12.1 Å². The van der Waals surface area contributed by atoms with Crippen LogP contribution in [0.2, 0.25) is 0 Å². The number of fused-ring (bicyclic) bond motifs is 2. The molecule has 0 atom stereocenters. The Balaban J connectivity index is 1.91. The highest BCUT2D eigenvalue weighted by atomic mass is 16.7. The highest BCUT2D eigenvalue weighted by molar-refractivity contribution is 5.81. The monoisotopic (exact) mass is 293 g/mol. The Morgan fingerprint density at radius 3 is 2.86 bits per heavy atom. The minimum atomic E-state index is 0.256. The topological polar surface area (TPSA) is 80.8 Å². The SMILES string of the molecule is COCc1nc2cc3c(cc2n1CCOCCN)OCO3. The molecule has 1 aromatic carbocycles. The molecule has 0 aliphatic carbocycles. The minimum absolute atomic E-state index is 0.256. The second-order valence-electron chi connectivity index (χ2n) is 4.71. The third kappa shape index (κ3) is 2.80. The maximum Gasteiger partial charge on any atom is 0.231 e. The summed E-state index contributed by atoms with van der Waals surface area (Å²) in [7, 11) is 1.65. The molecule has 0 saturated carbocycles. The fourth-order valence-corrected chi connectivity index (χ4v) is 2.39. The van der Waals surface area contributed by atoms with Gasteiger partial charge in [-0.25, -0.2) is 4.98 Å². The van der Waals surface area contributed by atoms with E-state index in [1.54, 1.807) is 7.11 Å². The van der Waals surface area contributed by atoms with Gasteiger partial charge in [0.15, 0.2) is 11.5 Å². The zero-order valence-electron chi connectivity index (χ0n) is 12.0. The summed E-state index contributed by atoms with van der Waals surface area (Å²) in [5.41, 5.74) is 7.28. The van der Waals surface area contributed by atoms with E-state index in [9.17, 15) is 0 Å². The van der Waals surface area contributed by atoms with Gasteiger partial charge in [0.25, 0.3) is 0 Å². The molecule has 2 N–H and O–H groups in total. The Labute approximate surface area is 122 Å². The van der Waals surface area contributed by atoms with Gasteiger partial charge in [0.2, 0.25) is 6.79 Å². The quantitative estimate of drug-likeness (QED) is 0.764. The van der Waals surface area contributed by atoms with Crippen LogP contribution >= 0.6 is 0 Å². The number of aromatic nitrogens is 2. The van der Waals surface area contributed by atoms with E-state index in [1.165, 1.54) is 0 Å². The smallest absolute Gasteiger partial charge is 0.231 e. The number of ether oxygens (including phenoxy) is 4. The van der Waals surface area contributed by atoms with E-state index in [4.69, 9.17) is 24.7 Å². The fraction of sp³-hybridized carbons (Fsp3) is 0.500. The maximum atomic E-state index is 5.46. The van der Waals surface area contributed by atoms with E-state index >= 15 is 0 Å². The lowest BCUT2D eigenvalue weighted by Crippen LogP contribution is -2.14. The number of benzene rings is 1. The molecule has 0 bridgehead atoms. The van der Waals surface area contributed by atoms with E-state index < -0.39 is 0 Å². The summed E-state index contributed by atoms with van der Waals surface area (Å²) in [5, 5.41) is 0. The summed E-state index contributed by atoms with van der Waals surface area (Å²) in [6, 6.07) is 3.85. The van der Waals surface area contributed by atoms with Crippen LogP contribution in [0.3, 0.4) is 0 Å². The van der Waals surface area contributed by atoms with Gasteiger partial charge >= 0.3 is 0 Å². The third-order valence-corrected chi connectivity index (χ3v) is 3.32. The number of imidazole rings is 1. The molecule has 0 saturated heterocycles. The Hall–Kier alpha value is -1.83. The van der Waals surface area contributed by atoms with Crippen molar-refractivity contribution in [2.75, 3.05) is 33.7 Å². The van der Waals surface area contributed by atoms with E-state index in [2.05, 4.69) is 9.55 Å². The number of nitrogens with two attached hydrogens (primary N) is 1. The van der Waals surface area contributed by atoms with Gasteiger partial charge in [0, 0.05) is 32.3 Å². The molecule has 1 aromatic heterocycles. The summed E-state index contributed by atoms with van der Waals surface area (Å²) in [6.45, 7) is 3.04. The van der Waals surface area contributed by atoms with Gasteiger partial charge in [0.1, 0.15) is 12.4 Å². The van der Waals surface area contributed by atoms with Crippen molar-refractivity contribution >= 4 is 11.0 Å². The molecular formula is C14H19N3O4. The number of hydrogen-bond acceptors (Lipinski definition) is 6. The van der Waals surface area contributed by atoms with Crippen molar-refractivity contribution in [3.05, 3.63) is 18.0 Å². The molecule has 114 valence electrons. The van der Waals surface area contributed by atoms with Crippen LogP contribution in [0.25, 0.3) is 11.0 Å². The van der Waals surface area contributed by atoms with Gasteiger partial charge < -0.3 is 29.2 Å². The number of rotatable bonds is 7. The summed E-state index contributed by atoms with van der Waals surface area (Å²) >= 11 is 0. The van der Waals surface area contributed by atoms with Gasteiger partial charge in [-0.15, -0.1) is 0 Å². The van der Waals surface area contributed by atoms with Gasteiger partial charge in [-0.3, -0.25) is 0 Å². The molecular weight excluding hydrogens is 274 g/mol. The predicted molar refractivity (Wildman–Crippen MR) is 76.4 cm³/mol. The number of nitrogens with zero attached hydrogens (tertiary/aromatic N) is 2. The van der Waals surface area contributed by atoms with Gasteiger partial charge in [-0.05, 0) is 0 Å². The Morgan fingerprint density at radius 1 is 1.29 bits per heavy atom. The number of hydrogen-bond donors (Lipinski definition) is 1. The summed E-state index contributed by atoms with van der Waals surface area (Å²) in [6.07, 6.45) is 0. The van der Waals surface area contributed by atoms with Crippen LogP contribution in [0.5, 0.6) is 11.5 Å². The first-order valence-electron chi connectivity index (χ1n) is 6.89. The molecule has 7 nitrogen and oxygen atoms in total. The van der Waals surface area contributed by atoms with Crippen LogP contribution in [-0.2, 0) is 22.6 Å². The summed E-state index contributed by atoms with van der Waals surface area (Å²) < 4.78 is 23.6. The normalized spacial score (nSPS) is 13.2. The second kappa shape index (κ2) is 6.30. The first-order chi connectivity index (χ1) is 10.3. The largest absolute Gasteiger partial charge is 0.454 e. The van der Waals surface area contributed by atoms with Crippen molar-refractivity contribution in [3.63, 3.8) is 0 Å². The van der Waals surface area contributed by atoms with Crippen molar-refractivity contribution in [3.8, 4) is 11.5 Å². The van der Waals surface area contributed by atoms with E-state index in [1.807, 2.05) is 12.1 Å². The molecule has 1 aliphatic rings. The fourth-order valence-electron chi connectivity index (χ4n) is 2.39. The highest BCUT2D eigenvalue weighted by Gasteiger charge is 2.19. The average Bonchev–Trinajstić information content (AvgIpc) is 3.06. The van der Waals surface area contributed by atoms with Crippen molar-refractivity contribution < 1.29 is 18.9 Å². The Bertz CT molecular complexity index is 626. The Morgan fingerprint density at radius 2 is 2.10 bits per heavy atom. The minimum Gasteiger partial charge on any atom is -0.454 e. The molecule has 1 aliphatic heterocycles.